The van der Waals surface area contributed by atoms with E-state index in [1.807, 2.05) is 0 Å². The molecule has 5 nitrogen and oxygen atoms in total. The molecule has 0 amide bonds. The monoisotopic (exact) mass is 264 g/mol. The minimum Gasteiger partial charge on any atom is -0.508 e. The van der Waals surface area contributed by atoms with Gasteiger partial charge in [0.2, 0.25) is 0 Å². The number of hydrogen-bond donors (Lipinski definition) is 2. The van der Waals surface area contributed by atoms with Crippen LogP contribution in [-0.2, 0) is 0 Å². The number of nitrogens with zero attached hydrogens (tertiary/aromatic N) is 1. The fourth-order valence-corrected chi connectivity index (χ4v) is 2.82. The Labute approximate surface area is 112 Å². The maximum absolute atomic E-state index is 10.9. The van der Waals surface area contributed by atoms with E-state index in [1.54, 1.807) is 6.07 Å². The summed E-state index contributed by atoms with van der Waals surface area (Å²) >= 11 is 0. The van der Waals surface area contributed by atoms with Gasteiger partial charge in [0, 0.05) is 6.54 Å². The number of nitro benzene ring substituents is 1. The molecule has 0 radical (unpaired) electrons. The van der Waals surface area contributed by atoms with E-state index < -0.39 is 4.92 Å². The van der Waals surface area contributed by atoms with Gasteiger partial charge in [-0.3, -0.25) is 10.1 Å². The molecule has 19 heavy (non-hydrogen) atoms. The van der Waals surface area contributed by atoms with Gasteiger partial charge in [0.25, 0.3) is 5.69 Å². The zero-order valence-corrected chi connectivity index (χ0v) is 11.1. The molecule has 1 saturated carbocycles. The Morgan fingerprint density at radius 3 is 2.95 bits per heavy atom. The average Bonchev–Trinajstić information content (AvgIpc) is 2.37. The Morgan fingerprint density at radius 2 is 2.26 bits per heavy atom. The first-order valence-corrected chi connectivity index (χ1v) is 6.77. The molecular formula is C14H20N2O3. The zero-order valence-electron chi connectivity index (χ0n) is 11.1. The Morgan fingerprint density at radius 1 is 1.47 bits per heavy atom. The first kappa shape index (κ1) is 13.6. The maximum Gasteiger partial charge on any atom is 0.296 e. The predicted octanol–water partition coefficient (Wildman–Crippen LogP) is 3.54. The topological polar surface area (TPSA) is 75.4 Å². The number of phenolic OH excluding ortho intramolecular Hbond substituents is 1. The van der Waals surface area contributed by atoms with Gasteiger partial charge in [-0.1, -0.05) is 19.8 Å². The largest absolute Gasteiger partial charge is 0.508 e. The molecule has 1 fully saturated rings. The summed E-state index contributed by atoms with van der Waals surface area (Å²) in [4.78, 5) is 10.5. The van der Waals surface area contributed by atoms with Gasteiger partial charge in [0.05, 0.1) is 11.0 Å². The van der Waals surface area contributed by atoms with Gasteiger partial charge in [-0.25, -0.2) is 0 Å². The maximum atomic E-state index is 10.9. The van der Waals surface area contributed by atoms with Crippen LogP contribution in [0.15, 0.2) is 18.2 Å². The zero-order chi connectivity index (χ0) is 13.8. The van der Waals surface area contributed by atoms with Crippen LogP contribution in [0.3, 0.4) is 0 Å². The van der Waals surface area contributed by atoms with Crippen molar-refractivity contribution in [1.29, 1.82) is 0 Å². The molecular weight excluding hydrogens is 244 g/mol. The number of anilines is 1. The molecule has 0 aliphatic heterocycles. The standard InChI is InChI=1S/C14H20N2O3/c1-10-3-2-4-11(7-10)9-15-13-6-5-12(17)8-14(13)16(18)19/h5-6,8,10-11,15,17H,2-4,7,9H2,1H3. The van der Waals surface area contributed by atoms with Gasteiger partial charge < -0.3 is 10.4 Å². The second-order valence-electron chi connectivity index (χ2n) is 5.48. The van der Waals surface area contributed by atoms with Crippen LogP contribution < -0.4 is 5.32 Å². The molecule has 1 aromatic carbocycles. The highest BCUT2D eigenvalue weighted by molar-refractivity contribution is 5.63. The van der Waals surface area contributed by atoms with Gasteiger partial charge >= 0.3 is 0 Å². The number of aromatic hydroxyl groups is 1. The fraction of sp³-hybridized carbons (Fsp3) is 0.571. The van der Waals surface area contributed by atoms with Gasteiger partial charge in [-0.05, 0) is 36.8 Å². The van der Waals surface area contributed by atoms with E-state index in [1.165, 1.54) is 37.8 Å². The van der Waals surface area contributed by atoms with Crippen LogP contribution in [-0.4, -0.2) is 16.6 Å². The van der Waals surface area contributed by atoms with Crippen molar-refractivity contribution in [2.75, 3.05) is 11.9 Å². The average molecular weight is 264 g/mol. The normalized spacial score (nSPS) is 23.0. The third-order valence-corrected chi connectivity index (χ3v) is 3.80. The van der Waals surface area contributed by atoms with Gasteiger partial charge in [-0.15, -0.1) is 0 Å². The van der Waals surface area contributed by atoms with Crippen LogP contribution in [0.4, 0.5) is 11.4 Å². The van der Waals surface area contributed by atoms with Crippen molar-refractivity contribution in [2.45, 2.75) is 32.6 Å². The Hall–Kier alpha value is -1.78. The van der Waals surface area contributed by atoms with Crippen molar-refractivity contribution >= 4 is 11.4 Å². The van der Waals surface area contributed by atoms with E-state index in [-0.39, 0.29) is 11.4 Å². The van der Waals surface area contributed by atoms with Crippen LogP contribution >= 0.6 is 0 Å². The molecule has 2 N–H and O–H groups in total. The lowest BCUT2D eigenvalue weighted by molar-refractivity contribution is -0.384. The molecule has 5 heteroatoms. The first-order valence-electron chi connectivity index (χ1n) is 6.77. The summed E-state index contributed by atoms with van der Waals surface area (Å²) in [6, 6.07) is 4.23. The van der Waals surface area contributed by atoms with Crippen LogP contribution in [0.2, 0.25) is 0 Å². The number of nitrogens with one attached hydrogen (secondary N) is 1. The summed E-state index contributed by atoms with van der Waals surface area (Å²) in [6.07, 6.45) is 4.89. The van der Waals surface area contributed by atoms with Crippen LogP contribution in [0.25, 0.3) is 0 Å². The van der Waals surface area contributed by atoms with Crippen molar-refractivity contribution in [1.82, 2.24) is 0 Å². The van der Waals surface area contributed by atoms with E-state index in [4.69, 9.17) is 0 Å². The summed E-state index contributed by atoms with van der Waals surface area (Å²) in [6.45, 7) is 3.02. The third kappa shape index (κ3) is 3.59. The van der Waals surface area contributed by atoms with Crippen LogP contribution in [0.5, 0.6) is 5.75 Å². The van der Waals surface area contributed by atoms with E-state index in [9.17, 15) is 15.2 Å². The highest BCUT2D eigenvalue weighted by Gasteiger charge is 2.20. The molecule has 1 aromatic rings. The Kier molecular flexibility index (Phi) is 4.24. The molecule has 0 saturated heterocycles. The SMILES string of the molecule is CC1CCCC(CNc2ccc(O)cc2[N+](=O)[O-])C1. The molecule has 0 bridgehead atoms. The van der Waals surface area contributed by atoms with E-state index in [0.29, 0.717) is 11.6 Å². The summed E-state index contributed by atoms with van der Waals surface area (Å²) < 4.78 is 0. The summed E-state index contributed by atoms with van der Waals surface area (Å²) in [5.74, 6) is 1.25. The Balaban J connectivity index is 2.01. The molecule has 2 atom stereocenters. The lowest BCUT2D eigenvalue weighted by atomic mass is 9.82. The van der Waals surface area contributed by atoms with Crippen LogP contribution in [0.1, 0.15) is 32.6 Å². The minimum atomic E-state index is -0.467. The van der Waals surface area contributed by atoms with Crippen molar-refractivity contribution in [3.8, 4) is 5.75 Å². The summed E-state index contributed by atoms with van der Waals surface area (Å²) in [7, 11) is 0. The number of benzene rings is 1. The lowest BCUT2D eigenvalue weighted by Gasteiger charge is -2.27. The van der Waals surface area contributed by atoms with Crippen LogP contribution in [0, 0.1) is 22.0 Å². The van der Waals surface area contributed by atoms with Gasteiger partial charge in [-0.2, -0.15) is 0 Å². The number of hydrogen-bond acceptors (Lipinski definition) is 4. The van der Waals surface area contributed by atoms with Gasteiger partial charge in [0.15, 0.2) is 0 Å². The van der Waals surface area contributed by atoms with E-state index in [0.717, 1.165) is 12.5 Å². The molecule has 2 rings (SSSR count). The smallest absolute Gasteiger partial charge is 0.296 e. The molecule has 2 unspecified atom stereocenters. The lowest BCUT2D eigenvalue weighted by Crippen LogP contribution is -2.21. The molecule has 104 valence electrons. The predicted molar refractivity (Wildman–Crippen MR) is 74.4 cm³/mol. The molecule has 0 spiro atoms. The highest BCUT2D eigenvalue weighted by atomic mass is 16.6. The second kappa shape index (κ2) is 5.91. The van der Waals surface area contributed by atoms with E-state index >= 15 is 0 Å². The molecule has 0 aromatic heterocycles. The van der Waals surface area contributed by atoms with E-state index in [2.05, 4.69) is 12.2 Å². The molecule has 1 aliphatic carbocycles. The van der Waals surface area contributed by atoms with Crippen molar-refractivity contribution in [2.24, 2.45) is 11.8 Å². The first-order chi connectivity index (χ1) is 9.06. The fourth-order valence-electron chi connectivity index (χ4n) is 2.82. The number of nitro groups is 1. The molecule has 0 heterocycles. The van der Waals surface area contributed by atoms with Crippen molar-refractivity contribution < 1.29 is 10.0 Å². The quantitative estimate of drug-likeness (QED) is 0.495. The number of phenols is 1. The van der Waals surface area contributed by atoms with Crippen molar-refractivity contribution in [3.63, 3.8) is 0 Å². The number of rotatable bonds is 4. The molecule has 1 aliphatic rings. The second-order valence-corrected chi connectivity index (χ2v) is 5.48. The van der Waals surface area contributed by atoms with Crippen molar-refractivity contribution in [3.05, 3.63) is 28.3 Å². The summed E-state index contributed by atoms with van der Waals surface area (Å²) in [5, 5.41) is 23.4. The van der Waals surface area contributed by atoms with Gasteiger partial charge in [0.1, 0.15) is 11.4 Å². The highest BCUT2D eigenvalue weighted by Crippen LogP contribution is 2.31. The minimum absolute atomic E-state index is 0.0659. The third-order valence-electron chi connectivity index (χ3n) is 3.80. The summed E-state index contributed by atoms with van der Waals surface area (Å²) in [5.41, 5.74) is 0.421. The Bertz CT molecular complexity index is 462.